The van der Waals surface area contributed by atoms with Crippen LogP contribution in [0.2, 0.25) is 0 Å². The minimum Gasteiger partial charge on any atom is -0.456 e. The summed E-state index contributed by atoms with van der Waals surface area (Å²) in [6.45, 7) is 0. The van der Waals surface area contributed by atoms with E-state index in [1.807, 2.05) is 24.3 Å². The molecule has 0 radical (unpaired) electrons. The van der Waals surface area contributed by atoms with E-state index in [1.54, 1.807) is 0 Å². The molecule has 13 rings (SSSR count). The van der Waals surface area contributed by atoms with E-state index in [0.717, 1.165) is 105 Å². The summed E-state index contributed by atoms with van der Waals surface area (Å²) in [4.78, 5) is 15.5. The van der Waals surface area contributed by atoms with E-state index in [1.165, 1.54) is 11.1 Å². The predicted molar refractivity (Wildman–Crippen MR) is 278 cm³/mol. The molecule has 3 heterocycles. The van der Waals surface area contributed by atoms with Crippen molar-refractivity contribution in [2.45, 2.75) is 0 Å². The van der Waals surface area contributed by atoms with Crippen molar-refractivity contribution in [2.75, 3.05) is 0 Å². The summed E-state index contributed by atoms with van der Waals surface area (Å²) in [6.07, 6.45) is 0. The van der Waals surface area contributed by atoms with Gasteiger partial charge in [0.15, 0.2) is 17.5 Å². The zero-order valence-electron chi connectivity index (χ0n) is 36.7. The maximum absolute atomic E-state index is 6.73. The molecule has 68 heavy (non-hydrogen) atoms. The molecule has 0 unspecified atom stereocenters. The molecule has 318 valence electrons. The Hall–Kier alpha value is -9.19. The van der Waals surface area contributed by atoms with Crippen LogP contribution in [-0.2, 0) is 0 Å². The molecule has 0 bridgehead atoms. The van der Waals surface area contributed by atoms with Crippen LogP contribution in [-0.4, -0.2) is 15.0 Å². The Bertz CT molecular complexity index is 3950. The van der Waals surface area contributed by atoms with Gasteiger partial charge in [0.05, 0.1) is 0 Å². The molecule has 13 aromatic rings. The van der Waals surface area contributed by atoms with E-state index < -0.39 is 0 Å². The summed E-state index contributed by atoms with van der Waals surface area (Å²) in [7, 11) is 0. The van der Waals surface area contributed by atoms with Gasteiger partial charge in [-0.05, 0) is 116 Å². The van der Waals surface area contributed by atoms with Gasteiger partial charge in [0.25, 0.3) is 0 Å². The van der Waals surface area contributed by atoms with Crippen LogP contribution in [0.1, 0.15) is 0 Å². The lowest BCUT2D eigenvalue weighted by Crippen LogP contribution is -2.00. The Morgan fingerprint density at radius 3 is 1.32 bits per heavy atom. The van der Waals surface area contributed by atoms with Gasteiger partial charge in [-0.2, -0.15) is 0 Å². The van der Waals surface area contributed by atoms with Crippen LogP contribution < -0.4 is 0 Å². The van der Waals surface area contributed by atoms with Crippen molar-refractivity contribution in [3.63, 3.8) is 0 Å². The molecular formula is C63H39N3O2. The Labute approximate surface area is 392 Å². The lowest BCUT2D eigenvalue weighted by atomic mass is 9.91. The topological polar surface area (TPSA) is 65.0 Å². The smallest absolute Gasteiger partial charge is 0.164 e. The van der Waals surface area contributed by atoms with Crippen molar-refractivity contribution < 1.29 is 8.83 Å². The molecular weight excluding hydrogens is 831 g/mol. The summed E-state index contributed by atoms with van der Waals surface area (Å²) < 4.78 is 13.0. The standard InChI is InChI=1S/C63H39N3O2/c1-4-14-40(15-5-1)43-26-28-44(29-27-43)61-64-62(47-21-12-20-45(34-47)46-30-32-54-53-22-10-11-24-56(53)67-58(54)38-46)66-63(65-61)48-31-33-55-59(39-48)68-57-25-13-23-52(60(55)57)51-36-49(41-16-6-2-7-17-41)35-50(37-51)42-18-8-3-9-19-42/h1-39H. The van der Waals surface area contributed by atoms with Crippen LogP contribution in [0.4, 0.5) is 0 Å². The highest BCUT2D eigenvalue weighted by Gasteiger charge is 2.19. The quantitative estimate of drug-likeness (QED) is 0.152. The first kappa shape index (κ1) is 39.2. The zero-order valence-corrected chi connectivity index (χ0v) is 36.7. The molecule has 0 aliphatic heterocycles. The van der Waals surface area contributed by atoms with Crippen LogP contribution in [0.3, 0.4) is 0 Å². The first-order valence-electron chi connectivity index (χ1n) is 22.8. The number of para-hydroxylation sites is 1. The van der Waals surface area contributed by atoms with Crippen LogP contribution in [0, 0.1) is 0 Å². The maximum atomic E-state index is 6.73. The van der Waals surface area contributed by atoms with Gasteiger partial charge in [0.1, 0.15) is 22.3 Å². The van der Waals surface area contributed by atoms with Crippen molar-refractivity contribution in [1.29, 1.82) is 0 Å². The van der Waals surface area contributed by atoms with Gasteiger partial charge in [-0.1, -0.05) is 176 Å². The molecule has 0 atom stereocenters. The fourth-order valence-corrected chi connectivity index (χ4v) is 9.53. The van der Waals surface area contributed by atoms with Gasteiger partial charge in [-0.25, -0.2) is 15.0 Å². The Balaban J connectivity index is 0.931. The highest BCUT2D eigenvalue weighted by atomic mass is 16.3. The minimum absolute atomic E-state index is 0.553. The Morgan fingerprint density at radius 2 is 0.618 bits per heavy atom. The Morgan fingerprint density at radius 1 is 0.221 bits per heavy atom. The molecule has 0 aliphatic rings. The predicted octanol–water partition coefficient (Wildman–Crippen LogP) is 17.0. The van der Waals surface area contributed by atoms with E-state index in [0.29, 0.717) is 17.5 Å². The fraction of sp³-hybridized carbons (Fsp3) is 0. The van der Waals surface area contributed by atoms with Crippen LogP contribution in [0.15, 0.2) is 245 Å². The molecule has 3 aromatic heterocycles. The molecule has 0 fully saturated rings. The minimum atomic E-state index is 0.553. The third-order valence-corrected chi connectivity index (χ3v) is 12.9. The van der Waals surface area contributed by atoms with Crippen molar-refractivity contribution >= 4 is 43.9 Å². The van der Waals surface area contributed by atoms with Gasteiger partial charge in [0.2, 0.25) is 0 Å². The summed E-state index contributed by atoms with van der Waals surface area (Å²) in [6, 6.07) is 82.4. The summed E-state index contributed by atoms with van der Waals surface area (Å²) in [5.41, 5.74) is 17.1. The second kappa shape index (κ2) is 16.4. The first-order chi connectivity index (χ1) is 33.6. The zero-order chi connectivity index (χ0) is 45.0. The van der Waals surface area contributed by atoms with E-state index in [4.69, 9.17) is 23.8 Å². The lowest BCUT2D eigenvalue weighted by molar-refractivity contribution is 0.668. The van der Waals surface area contributed by atoms with Crippen LogP contribution in [0.5, 0.6) is 0 Å². The van der Waals surface area contributed by atoms with Crippen molar-refractivity contribution in [3.8, 4) is 89.8 Å². The van der Waals surface area contributed by atoms with Crippen LogP contribution in [0.25, 0.3) is 134 Å². The summed E-state index contributed by atoms with van der Waals surface area (Å²) >= 11 is 0. The average molecular weight is 870 g/mol. The number of benzene rings is 10. The number of nitrogens with zero attached hydrogens (tertiary/aromatic N) is 3. The second-order valence-electron chi connectivity index (χ2n) is 17.2. The Kier molecular flexibility index (Phi) is 9.43. The molecule has 0 aliphatic carbocycles. The van der Waals surface area contributed by atoms with E-state index >= 15 is 0 Å². The van der Waals surface area contributed by atoms with Crippen molar-refractivity contribution in [2.24, 2.45) is 0 Å². The average Bonchev–Trinajstić information content (AvgIpc) is 3.99. The third-order valence-electron chi connectivity index (χ3n) is 12.9. The number of rotatable bonds is 8. The molecule has 0 saturated carbocycles. The monoisotopic (exact) mass is 869 g/mol. The first-order valence-corrected chi connectivity index (χ1v) is 22.8. The normalized spacial score (nSPS) is 11.5. The van der Waals surface area contributed by atoms with E-state index in [-0.39, 0.29) is 0 Å². The van der Waals surface area contributed by atoms with Gasteiger partial charge in [-0.3, -0.25) is 0 Å². The number of furan rings is 2. The van der Waals surface area contributed by atoms with Gasteiger partial charge in [0, 0.05) is 38.2 Å². The highest BCUT2D eigenvalue weighted by Crippen LogP contribution is 2.41. The van der Waals surface area contributed by atoms with Crippen molar-refractivity contribution in [3.05, 3.63) is 237 Å². The summed E-state index contributed by atoms with van der Waals surface area (Å²) in [5, 5.41) is 4.28. The highest BCUT2D eigenvalue weighted by molar-refractivity contribution is 6.13. The molecule has 5 heteroatoms. The van der Waals surface area contributed by atoms with Gasteiger partial charge < -0.3 is 8.83 Å². The van der Waals surface area contributed by atoms with Crippen molar-refractivity contribution in [1.82, 2.24) is 15.0 Å². The molecule has 0 N–H and O–H groups in total. The molecule has 0 amide bonds. The van der Waals surface area contributed by atoms with E-state index in [9.17, 15) is 0 Å². The number of aromatic nitrogens is 3. The molecule has 10 aromatic carbocycles. The number of hydrogen-bond donors (Lipinski definition) is 0. The second-order valence-corrected chi connectivity index (χ2v) is 17.2. The largest absolute Gasteiger partial charge is 0.456 e. The lowest BCUT2D eigenvalue weighted by Gasteiger charge is -2.12. The number of hydrogen-bond acceptors (Lipinski definition) is 5. The number of fused-ring (bicyclic) bond motifs is 6. The SMILES string of the molecule is c1ccc(-c2ccc(-c3nc(-c4cccc(-c5ccc6c(c5)oc5ccccc56)c4)nc(-c4ccc5c(c4)oc4cccc(-c6cc(-c7ccccc7)cc(-c7ccccc7)c6)c45)n3)cc2)cc1. The van der Waals surface area contributed by atoms with Crippen LogP contribution >= 0.6 is 0 Å². The third kappa shape index (κ3) is 7.11. The molecule has 0 saturated heterocycles. The maximum Gasteiger partial charge on any atom is 0.164 e. The fourth-order valence-electron chi connectivity index (χ4n) is 9.53. The van der Waals surface area contributed by atoms with E-state index in [2.05, 4.69) is 212 Å². The van der Waals surface area contributed by atoms with Gasteiger partial charge >= 0.3 is 0 Å². The molecule has 0 spiro atoms. The van der Waals surface area contributed by atoms with Gasteiger partial charge in [-0.15, -0.1) is 0 Å². The molecule has 5 nitrogen and oxygen atoms in total. The summed E-state index contributed by atoms with van der Waals surface area (Å²) in [5.74, 6) is 1.71.